The lowest BCUT2D eigenvalue weighted by atomic mass is 10.0. The molecule has 2 unspecified atom stereocenters. The second-order valence-corrected chi connectivity index (χ2v) is 6.97. The van der Waals surface area contributed by atoms with Crippen LogP contribution in [0.3, 0.4) is 0 Å². The van der Waals surface area contributed by atoms with Gasteiger partial charge in [-0.3, -0.25) is 14.3 Å². The van der Waals surface area contributed by atoms with Crippen LogP contribution in [0.4, 0.5) is 5.69 Å². The van der Waals surface area contributed by atoms with Crippen molar-refractivity contribution < 1.29 is 14.3 Å². The van der Waals surface area contributed by atoms with E-state index in [1.807, 2.05) is 18.7 Å². The molecule has 0 aromatic carbocycles. The molecule has 9 heteroatoms. The molecule has 146 valence electrons. The van der Waals surface area contributed by atoms with Crippen molar-refractivity contribution in [2.45, 2.75) is 57.9 Å². The Labute approximate surface area is 160 Å². The molecule has 1 aromatic rings. The highest BCUT2D eigenvalue weighted by molar-refractivity contribution is 5.94. The van der Waals surface area contributed by atoms with E-state index in [-0.39, 0.29) is 49.0 Å². The number of halogens is 1. The van der Waals surface area contributed by atoms with E-state index in [0.717, 1.165) is 25.8 Å². The number of amides is 2. The lowest BCUT2D eigenvalue weighted by Crippen LogP contribution is -2.49. The van der Waals surface area contributed by atoms with E-state index >= 15 is 0 Å². The number of aromatic nitrogens is 2. The number of morpholine rings is 1. The molecule has 0 aliphatic carbocycles. The van der Waals surface area contributed by atoms with E-state index < -0.39 is 0 Å². The second kappa shape index (κ2) is 9.34. The van der Waals surface area contributed by atoms with Gasteiger partial charge in [-0.2, -0.15) is 5.10 Å². The molecule has 2 N–H and O–H groups in total. The molecule has 2 aliphatic rings. The van der Waals surface area contributed by atoms with E-state index in [1.54, 1.807) is 17.1 Å². The Bertz CT molecular complexity index is 607. The van der Waals surface area contributed by atoms with Crippen molar-refractivity contribution in [2.24, 2.45) is 0 Å². The molecule has 26 heavy (non-hydrogen) atoms. The van der Waals surface area contributed by atoms with Gasteiger partial charge < -0.3 is 20.3 Å². The molecule has 0 saturated carbocycles. The van der Waals surface area contributed by atoms with E-state index in [4.69, 9.17) is 4.74 Å². The predicted molar refractivity (Wildman–Crippen MR) is 100 cm³/mol. The number of ether oxygens (including phenoxy) is 1. The standard InChI is InChI=1S/C17H27N5O3.ClH/c1-12-8-21(9-13(2)25-12)16(23)11-22-10-14(7-19-22)20-17(24)15-5-3-4-6-18-15;/h7,10,12-13,15,18H,3-6,8-9,11H2,1-2H3,(H,20,24);1H/t12?,13?,15-;/m0./s1. The van der Waals surface area contributed by atoms with Gasteiger partial charge in [-0.05, 0) is 33.2 Å². The third-order valence-electron chi connectivity index (χ3n) is 4.60. The quantitative estimate of drug-likeness (QED) is 0.807. The summed E-state index contributed by atoms with van der Waals surface area (Å²) in [6.45, 7) is 6.18. The monoisotopic (exact) mass is 385 g/mol. The zero-order valence-corrected chi connectivity index (χ0v) is 16.1. The maximum Gasteiger partial charge on any atom is 0.244 e. The first-order valence-electron chi connectivity index (χ1n) is 9.01. The SMILES string of the molecule is CC1CN(C(=O)Cn2cc(NC(=O)[C@@H]3CCCCN3)cn2)CC(C)O1.Cl. The summed E-state index contributed by atoms with van der Waals surface area (Å²) in [5.74, 6) is -0.0293. The summed E-state index contributed by atoms with van der Waals surface area (Å²) in [4.78, 5) is 26.5. The summed E-state index contributed by atoms with van der Waals surface area (Å²) in [5, 5.41) is 10.3. The summed E-state index contributed by atoms with van der Waals surface area (Å²) in [7, 11) is 0. The molecular formula is C17H28ClN5O3. The molecule has 3 heterocycles. The molecule has 2 saturated heterocycles. The minimum Gasteiger partial charge on any atom is -0.372 e. The van der Waals surface area contributed by atoms with Gasteiger partial charge in [0.2, 0.25) is 11.8 Å². The summed E-state index contributed by atoms with van der Waals surface area (Å²) >= 11 is 0. The number of carbonyl (C=O) groups is 2. The highest BCUT2D eigenvalue weighted by Gasteiger charge is 2.26. The van der Waals surface area contributed by atoms with Gasteiger partial charge in [-0.25, -0.2) is 0 Å². The molecule has 2 fully saturated rings. The van der Waals surface area contributed by atoms with Crippen molar-refractivity contribution in [3.63, 3.8) is 0 Å². The summed E-state index contributed by atoms with van der Waals surface area (Å²) in [5.41, 5.74) is 0.619. The molecule has 0 bridgehead atoms. The van der Waals surface area contributed by atoms with Gasteiger partial charge in [-0.15, -0.1) is 12.4 Å². The van der Waals surface area contributed by atoms with E-state index in [1.165, 1.54) is 0 Å². The van der Waals surface area contributed by atoms with Crippen LogP contribution in [0, 0.1) is 0 Å². The van der Waals surface area contributed by atoms with Gasteiger partial charge in [0.15, 0.2) is 0 Å². The number of anilines is 1. The van der Waals surface area contributed by atoms with Crippen LogP contribution in [0.25, 0.3) is 0 Å². The van der Waals surface area contributed by atoms with Gasteiger partial charge in [0.25, 0.3) is 0 Å². The fourth-order valence-corrected chi connectivity index (χ4v) is 3.44. The van der Waals surface area contributed by atoms with Crippen LogP contribution in [-0.4, -0.2) is 64.4 Å². The van der Waals surface area contributed by atoms with Crippen molar-refractivity contribution in [3.8, 4) is 0 Å². The first kappa shape index (κ1) is 20.7. The Morgan fingerprint density at radius 1 is 1.31 bits per heavy atom. The van der Waals surface area contributed by atoms with E-state index in [2.05, 4.69) is 15.7 Å². The van der Waals surface area contributed by atoms with Crippen LogP contribution >= 0.6 is 12.4 Å². The van der Waals surface area contributed by atoms with Crippen LogP contribution in [0.15, 0.2) is 12.4 Å². The number of hydrogen-bond donors (Lipinski definition) is 2. The van der Waals surface area contributed by atoms with Crippen molar-refractivity contribution in [1.82, 2.24) is 20.0 Å². The molecule has 2 aliphatic heterocycles. The largest absolute Gasteiger partial charge is 0.372 e. The molecule has 0 spiro atoms. The van der Waals surface area contributed by atoms with Crippen LogP contribution in [0.5, 0.6) is 0 Å². The molecule has 1 aromatic heterocycles. The maximum absolute atomic E-state index is 12.4. The number of piperidine rings is 1. The third kappa shape index (κ3) is 5.43. The Kier molecular flexibility index (Phi) is 7.43. The van der Waals surface area contributed by atoms with Crippen molar-refractivity contribution in [1.29, 1.82) is 0 Å². The number of carbonyl (C=O) groups excluding carboxylic acids is 2. The first-order valence-corrected chi connectivity index (χ1v) is 9.01. The van der Waals surface area contributed by atoms with Crippen molar-refractivity contribution >= 4 is 29.9 Å². The highest BCUT2D eigenvalue weighted by atomic mass is 35.5. The van der Waals surface area contributed by atoms with Crippen LogP contribution < -0.4 is 10.6 Å². The zero-order chi connectivity index (χ0) is 17.8. The van der Waals surface area contributed by atoms with Gasteiger partial charge >= 0.3 is 0 Å². The second-order valence-electron chi connectivity index (χ2n) is 6.97. The number of rotatable bonds is 4. The van der Waals surface area contributed by atoms with Crippen LogP contribution in [0.2, 0.25) is 0 Å². The van der Waals surface area contributed by atoms with Crippen LogP contribution in [0.1, 0.15) is 33.1 Å². The maximum atomic E-state index is 12.4. The minimum absolute atomic E-state index is 0. The molecule has 3 atom stereocenters. The van der Waals surface area contributed by atoms with Gasteiger partial charge in [-0.1, -0.05) is 6.42 Å². The molecule has 8 nitrogen and oxygen atoms in total. The Morgan fingerprint density at radius 2 is 2.04 bits per heavy atom. The van der Waals surface area contributed by atoms with Gasteiger partial charge in [0.05, 0.1) is 30.1 Å². The molecule has 3 rings (SSSR count). The lowest BCUT2D eigenvalue weighted by Gasteiger charge is -2.35. The van der Waals surface area contributed by atoms with Crippen LogP contribution in [-0.2, 0) is 20.9 Å². The van der Waals surface area contributed by atoms with Crippen molar-refractivity contribution in [3.05, 3.63) is 12.4 Å². The third-order valence-corrected chi connectivity index (χ3v) is 4.60. The average molecular weight is 386 g/mol. The Morgan fingerprint density at radius 3 is 2.69 bits per heavy atom. The molecule has 2 amide bonds. The first-order chi connectivity index (χ1) is 12.0. The highest BCUT2D eigenvalue weighted by Crippen LogP contribution is 2.13. The number of hydrogen-bond acceptors (Lipinski definition) is 5. The fraction of sp³-hybridized carbons (Fsp3) is 0.706. The Balaban J connectivity index is 0.00000243. The molecule has 0 radical (unpaired) electrons. The summed E-state index contributed by atoms with van der Waals surface area (Å²) < 4.78 is 7.22. The normalized spacial score (nSPS) is 26.1. The predicted octanol–water partition coefficient (Wildman–Crippen LogP) is 1.02. The summed E-state index contributed by atoms with van der Waals surface area (Å²) in [6.07, 6.45) is 6.40. The van der Waals surface area contributed by atoms with Gasteiger partial charge in [0.1, 0.15) is 6.54 Å². The molecular weight excluding hydrogens is 358 g/mol. The average Bonchev–Trinajstić information content (AvgIpc) is 3.01. The summed E-state index contributed by atoms with van der Waals surface area (Å²) in [6, 6.07) is -0.143. The smallest absolute Gasteiger partial charge is 0.244 e. The van der Waals surface area contributed by atoms with E-state index in [0.29, 0.717) is 18.8 Å². The fourth-order valence-electron chi connectivity index (χ4n) is 3.44. The number of nitrogens with zero attached hydrogens (tertiary/aromatic N) is 3. The lowest BCUT2D eigenvalue weighted by molar-refractivity contribution is -0.144. The Hall–Kier alpha value is -1.64. The van der Waals surface area contributed by atoms with Gasteiger partial charge in [0, 0.05) is 19.3 Å². The topological polar surface area (TPSA) is 88.5 Å². The minimum atomic E-state index is -0.143. The zero-order valence-electron chi connectivity index (χ0n) is 15.3. The number of nitrogens with one attached hydrogen (secondary N) is 2. The van der Waals surface area contributed by atoms with E-state index in [9.17, 15) is 9.59 Å². The van der Waals surface area contributed by atoms with Crippen molar-refractivity contribution in [2.75, 3.05) is 25.0 Å².